The molecule has 0 spiro atoms. The van der Waals surface area contributed by atoms with Crippen molar-refractivity contribution < 1.29 is 13.5 Å². The fourth-order valence-corrected chi connectivity index (χ4v) is 7.40. The van der Waals surface area contributed by atoms with Gasteiger partial charge in [-0.1, -0.05) is 19.9 Å². The van der Waals surface area contributed by atoms with Gasteiger partial charge in [-0.05, 0) is 101 Å². The molecule has 4 rings (SSSR count). The second-order valence-corrected chi connectivity index (χ2v) is 17.4. The average molecular weight is 782 g/mol. The van der Waals surface area contributed by atoms with Crippen LogP contribution in [-0.2, 0) is 10.8 Å². The van der Waals surface area contributed by atoms with Gasteiger partial charge in [-0.15, -0.1) is 0 Å². The third kappa shape index (κ3) is 7.29. The van der Waals surface area contributed by atoms with Crippen molar-refractivity contribution in [3.05, 3.63) is 78.6 Å². The standard InChI is InChI=1S/C35H51I2N4/c1-34(2)28-24-26(36)16-18-30(28)38(20-12-22-40(5,6)7)32(34)14-11-15-33-35(3,4)29-25-27(37)17-19-31(29)39(33)21-13-23-41(8,9)10/h11,14-19,24-25H,12-13,20-23H2,1-10H3/q+3. The molecule has 2 aliphatic heterocycles. The number of allylic oxidation sites excluding steroid dienone is 4. The van der Waals surface area contributed by atoms with Gasteiger partial charge in [0.05, 0.1) is 67.2 Å². The Morgan fingerprint density at radius 2 is 1.37 bits per heavy atom. The van der Waals surface area contributed by atoms with Crippen LogP contribution < -0.4 is 4.90 Å². The Morgan fingerprint density at radius 3 is 2.00 bits per heavy atom. The van der Waals surface area contributed by atoms with Crippen molar-refractivity contribution in [1.82, 2.24) is 0 Å². The Labute approximate surface area is 277 Å². The molecule has 0 aliphatic carbocycles. The van der Waals surface area contributed by atoms with Crippen molar-refractivity contribution in [2.24, 2.45) is 0 Å². The highest BCUT2D eigenvalue weighted by Gasteiger charge is 2.44. The van der Waals surface area contributed by atoms with Crippen molar-refractivity contribution in [2.45, 2.75) is 51.4 Å². The number of hydrogen-bond acceptors (Lipinski definition) is 1. The van der Waals surface area contributed by atoms with Crippen LogP contribution in [0.25, 0.3) is 0 Å². The fraction of sp³-hybridized carbons (Fsp3) is 0.514. The highest BCUT2D eigenvalue weighted by Crippen LogP contribution is 2.48. The molecular formula is C35H51I2N4+3. The maximum Gasteiger partial charge on any atom is 0.209 e. The van der Waals surface area contributed by atoms with E-state index in [0.29, 0.717) is 0 Å². The third-order valence-corrected chi connectivity index (χ3v) is 9.98. The summed E-state index contributed by atoms with van der Waals surface area (Å²) in [5.74, 6) is 0. The summed E-state index contributed by atoms with van der Waals surface area (Å²) in [6.45, 7) is 14.0. The van der Waals surface area contributed by atoms with E-state index >= 15 is 0 Å². The SMILES string of the molecule is CC1(C)C(=CC=CC2=[N+](CCC[N+](C)(C)C)c3ccc(I)cc3C2(C)C)N(CCC[N+](C)(C)C)c2ccc(I)cc21. The molecule has 0 fully saturated rings. The summed E-state index contributed by atoms with van der Waals surface area (Å²) in [5.41, 5.74) is 8.31. The molecule has 0 amide bonds. The molecule has 0 atom stereocenters. The maximum absolute atomic E-state index is 2.59. The molecule has 2 heterocycles. The van der Waals surface area contributed by atoms with Gasteiger partial charge in [0.1, 0.15) is 0 Å². The highest BCUT2D eigenvalue weighted by atomic mass is 127. The molecule has 6 heteroatoms. The van der Waals surface area contributed by atoms with Crippen molar-refractivity contribution in [2.75, 3.05) is 73.4 Å². The Bertz CT molecular complexity index is 1380. The second-order valence-electron chi connectivity index (χ2n) is 14.9. The minimum Gasteiger partial charge on any atom is -0.344 e. The number of hydrogen-bond donors (Lipinski definition) is 0. The van der Waals surface area contributed by atoms with Gasteiger partial charge in [-0.2, -0.15) is 4.58 Å². The summed E-state index contributed by atoms with van der Waals surface area (Å²) >= 11 is 4.91. The molecule has 222 valence electrons. The van der Waals surface area contributed by atoms with Crippen LogP contribution in [-0.4, -0.2) is 87.7 Å². The van der Waals surface area contributed by atoms with E-state index in [1.54, 1.807) is 0 Å². The molecule has 2 aromatic carbocycles. The minimum atomic E-state index is -0.0449. The molecule has 0 saturated heterocycles. The van der Waals surface area contributed by atoms with Crippen LogP contribution in [0.5, 0.6) is 0 Å². The van der Waals surface area contributed by atoms with Gasteiger partial charge in [0.25, 0.3) is 0 Å². The first-order chi connectivity index (χ1) is 18.9. The first kappa shape index (κ1) is 32.7. The number of halogens is 2. The van der Waals surface area contributed by atoms with Crippen LogP contribution in [0.4, 0.5) is 11.4 Å². The monoisotopic (exact) mass is 781 g/mol. The lowest BCUT2D eigenvalue weighted by molar-refractivity contribution is -0.871. The van der Waals surface area contributed by atoms with E-state index < -0.39 is 0 Å². The van der Waals surface area contributed by atoms with E-state index in [0.717, 1.165) is 48.0 Å². The Balaban J connectivity index is 1.73. The van der Waals surface area contributed by atoms with Gasteiger partial charge in [-0.25, -0.2) is 0 Å². The highest BCUT2D eigenvalue weighted by molar-refractivity contribution is 14.1. The number of fused-ring (bicyclic) bond motifs is 2. The van der Waals surface area contributed by atoms with Gasteiger partial charge < -0.3 is 13.9 Å². The lowest BCUT2D eigenvalue weighted by Crippen LogP contribution is -2.37. The first-order valence-corrected chi connectivity index (χ1v) is 17.1. The number of rotatable bonds is 10. The summed E-state index contributed by atoms with van der Waals surface area (Å²) in [7, 11) is 13.7. The molecule has 41 heavy (non-hydrogen) atoms. The van der Waals surface area contributed by atoms with Crippen LogP contribution >= 0.6 is 45.2 Å². The third-order valence-electron chi connectivity index (χ3n) is 8.64. The quantitative estimate of drug-likeness (QED) is 0.136. The van der Waals surface area contributed by atoms with Crippen LogP contribution in [0.1, 0.15) is 51.7 Å². The zero-order chi connectivity index (χ0) is 30.4. The molecular weight excluding hydrogens is 730 g/mol. The topological polar surface area (TPSA) is 6.25 Å². The first-order valence-electron chi connectivity index (χ1n) is 14.9. The molecule has 2 aromatic rings. The normalized spacial score (nSPS) is 19.0. The van der Waals surface area contributed by atoms with Crippen molar-refractivity contribution in [1.29, 1.82) is 0 Å². The fourth-order valence-electron chi connectivity index (χ4n) is 6.41. The van der Waals surface area contributed by atoms with E-state index in [-0.39, 0.29) is 10.8 Å². The van der Waals surface area contributed by atoms with Crippen molar-refractivity contribution in [3.8, 4) is 0 Å². The zero-order valence-electron chi connectivity index (χ0n) is 27.0. The number of quaternary nitrogens is 2. The van der Waals surface area contributed by atoms with Crippen molar-refractivity contribution in [3.63, 3.8) is 0 Å². The van der Waals surface area contributed by atoms with Gasteiger partial charge in [0.15, 0.2) is 12.3 Å². The summed E-state index contributed by atoms with van der Waals surface area (Å²) in [6, 6.07) is 13.9. The molecule has 2 aliphatic rings. The summed E-state index contributed by atoms with van der Waals surface area (Å²) in [6.07, 6.45) is 9.45. The molecule has 0 bridgehead atoms. The van der Waals surface area contributed by atoms with Gasteiger partial charge in [0.2, 0.25) is 5.69 Å². The molecule has 0 saturated carbocycles. The summed E-state index contributed by atoms with van der Waals surface area (Å²) in [4.78, 5) is 2.59. The summed E-state index contributed by atoms with van der Waals surface area (Å²) < 4.78 is 7.18. The largest absolute Gasteiger partial charge is 0.344 e. The van der Waals surface area contributed by atoms with Crippen LogP contribution in [0.3, 0.4) is 0 Å². The Hall–Kier alpha value is -1.23. The Kier molecular flexibility index (Phi) is 9.60. The van der Waals surface area contributed by atoms with E-state index in [2.05, 4.69) is 179 Å². The van der Waals surface area contributed by atoms with Crippen molar-refractivity contribution >= 4 is 62.3 Å². The number of nitrogens with zero attached hydrogens (tertiary/aromatic N) is 4. The molecule has 0 N–H and O–H groups in total. The van der Waals surface area contributed by atoms with Gasteiger partial charge in [-0.3, -0.25) is 0 Å². The molecule has 0 aromatic heterocycles. The minimum absolute atomic E-state index is 0.0449. The van der Waals surface area contributed by atoms with Gasteiger partial charge in [0, 0.05) is 54.6 Å². The van der Waals surface area contributed by atoms with Crippen LogP contribution in [0.15, 0.2) is 60.3 Å². The average Bonchev–Trinajstić information content (AvgIpc) is 3.16. The predicted octanol–water partition coefficient (Wildman–Crippen LogP) is 7.70. The lowest BCUT2D eigenvalue weighted by atomic mass is 9.81. The predicted molar refractivity (Wildman–Crippen MR) is 194 cm³/mol. The molecule has 0 unspecified atom stereocenters. The zero-order valence-corrected chi connectivity index (χ0v) is 31.3. The maximum atomic E-state index is 2.59. The van der Waals surface area contributed by atoms with E-state index in [9.17, 15) is 0 Å². The van der Waals surface area contributed by atoms with Crippen LogP contribution in [0, 0.1) is 7.14 Å². The smallest absolute Gasteiger partial charge is 0.209 e. The van der Waals surface area contributed by atoms with E-state index in [1.807, 2.05) is 0 Å². The number of anilines is 1. The summed E-state index contributed by atoms with van der Waals surface area (Å²) in [5, 5.41) is 0. The Morgan fingerprint density at radius 1 is 0.780 bits per heavy atom. The molecule has 0 radical (unpaired) electrons. The molecule has 4 nitrogen and oxygen atoms in total. The number of benzene rings is 2. The van der Waals surface area contributed by atoms with E-state index in [1.165, 1.54) is 41.1 Å². The van der Waals surface area contributed by atoms with Gasteiger partial charge >= 0.3 is 0 Å². The van der Waals surface area contributed by atoms with E-state index in [4.69, 9.17) is 0 Å². The lowest BCUT2D eigenvalue weighted by Gasteiger charge is -2.29. The van der Waals surface area contributed by atoms with Crippen LogP contribution in [0.2, 0.25) is 0 Å². The second kappa shape index (κ2) is 12.0.